The number of aromatic nitrogens is 5. The lowest BCUT2D eigenvalue weighted by molar-refractivity contribution is -0.150. The molecule has 3 N–H and O–H groups in total. The highest BCUT2D eigenvalue weighted by molar-refractivity contribution is 9.11. The zero-order chi connectivity index (χ0) is 26.0. The van der Waals surface area contributed by atoms with Gasteiger partial charge in [0.25, 0.3) is 11.8 Å². The zero-order valence-corrected chi connectivity index (χ0v) is 22.4. The highest BCUT2D eigenvalue weighted by Crippen LogP contribution is 2.41. The maximum atomic E-state index is 13.0. The number of nitrogens with one attached hydrogen (secondary N) is 2. The first-order chi connectivity index (χ1) is 17.3. The van der Waals surface area contributed by atoms with E-state index in [1.54, 1.807) is 7.05 Å². The van der Waals surface area contributed by atoms with Crippen LogP contribution in [-0.2, 0) is 31.1 Å². The molecule has 0 radical (unpaired) electrons. The molecule has 0 spiro atoms. The molecule has 1 saturated heterocycles. The molecule has 1 unspecified atom stereocenters. The van der Waals surface area contributed by atoms with Crippen LogP contribution in [0.2, 0.25) is 0 Å². The van der Waals surface area contributed by atoms with Crippen molar-refractivity contribution in [3.8, 4) is 0 Å². The van der Waals surface area contributed by atoms with Crippen molar-refractivity contribution in [2.75, 3.05) is 23.9 Å². The molecule has 4 rings (SSSR count). The molecular weight excluding hydrogens is 602 g/mol. The lowest BCUT2D eigenvalue weighted by Gasteiger charge is -2.49. The Morgan fingerprint density at radius 3 is 2.86 bits per heavy atom. The van der Waals surface area contributed by atoms with Gasteiger partial charge in [-0.15, -0.1) is 16.9 Å². The number of rotatable bonds is 10. The monoisotopic (exact) mass is 617 g/mol. The predicted octanol–water partition coefficient (Wildman–Crippen LogP) is -0.121. The van der Waals surface area contributed by atoms with Crippen LogP contribution in [0.4, 0.5) is 5.13 Å². The molecule has 1 fully saturated rings. The fourth-order valence-electron chi connectivity index (χ4n) is 3.34. The number of amides is 3. The third-order valence-electron chi connectivity index (χ3n) is 4.88. The van der Waals surface area contributed by atoms with Gasteiger partial charge in [0, 0.05) is 18.6 Å². The van der Waals surface area contributed by atoms with E-state index in [1.807, 2.05) is 0 Å². The Morgan fingerprint density at radius 1 is 1.44 bits per heavy atom. The third kappa shape index (κ3) is 4.95. The number of fused-ring (bicyclic) bond motifs is 1. The number of halogens is 1. The summed E-state index contributed by atoms with van der Waals surface area (Å²) in [7, 11) is 2.91. The van der Waals surface area contributed by atoms with Gasteiger partial charge < -0.3 is 20.6 Å². The first-order valence-corrected chi connectivity index (χ1v) is 13.4. The Kier molecular flexibility index (Phi) is 7.91. The number of carboxylic acid groups (broad SMARTS) is 1. The number of thioether (sulfide) groups is 2. The first kappa shape index (κ1) is 26.0. The van der Waals surface area contributed by atoms with Crippen LogP contribution in [0.3, 0.4) is 0 Å². The van der Waals surface area contributed by atoms with E-state index in [-0.39, 0.29) is 28.0 Å². The van der Waals surface area contributed by atoms with Crippen LogP contribution in [0.5, 0.6) is 0 Å². The number of oxime groups is 1. The number of tetrazole rings is 1. The van der Waals surface area contributed by atoms with E-state index >= 15 is 0 Å². The van der Waals surface area contributed by atoms with E-state index in [1.165, 1.54) is 40.2 Å². The van der Waals surface area contributed by atoms with Crippen LogP contribution in [0.1, 0.15) is 5.69 Å². The fourth-order valence-corrected chi connectivity index (χ4v) is 7.07. The van der Waals surface area contributed by atoms with Crippen LogP contribution in [0.15, 0.2) is 25.4 Å². The molecule has 36 heavy (non-hydrogen) atoms. The lowest BCUT2D eigenvalue weighted by atomic mass is 10.0. The molecule has 19 heteroatoms. The number of aryl methyl sites for hydroxylation is 1. The van der Waals surface area contributed by atoms with E-state index < -0.39 is 29.2 Å². The highest BCUT2D eigenvalue weighted by Gasteiger charge is 2.54. The zero-order valence-electron chi connectivity index (χ0n) is 18.4. The summed E-state index contributed by atoms with van der Waals surface area (Å²) in [6, 6.07) is -0.985. The number of carbonyl (C=O) groups is 4. The van der Waals surface area contributed by atoms with Crippen molar-refractivity contribution < 1.29 is 29.1 Å². The van der Waals surface area contributed by atoms with Gasteiger partial charge in [-0.05, 0) is 31.9 Å². The minimum absolute atomic E-state index is 0.104. The second-order valence-electron chi connectivity index (χ2n) is 7.02. The van der Waals surface area contributed by atoms with Crippen LogP contribution >= 0.6 is 50.8 Å². The molecular formula is C17H16BrN9O6S3. The van der Waals surface area contributed by atoms with E-state index in [0.29, 0.717) is 26.7 Å². The highest BCUT2D eigenvalue weighted by atomic mass is 79.9. The minimum Gasteiger partial charge on any atom is -0.477 e. The number of thiazole rings is 1. The van der Waals surface area contributed by atoms with E-state index in [9.17, 15) is 24.3 Å². The van der Waals surface area contributed by atoms with Crippen molar-refractivity contribution in [3.63, 3.8) is 0 Å². The third-order valence-corrected chi connectivity index (χ3v) is 8.96. The Bertz CT molecular complexity index is 1290. The van der Waals surface area contributed by atoms with Gasteiger partial charge in [0.1, 0.15) is 33.7 Å². The van der Waals surface area contributed by atoms with Gasteiger partial charge >= 0.3 is 5.97 Å². The van der Waals surface area contributed by atoms with Crippen molar-refractivity contribution in [1.29, 1.82) is 0 Å². The number of hydrogen-bond donors (Lipinski definition) is 3. The average molecular weight is 618 g/mol. The summed E-state index contributed by atoms with van der Waals surface area (Å²) in [5, 5.41) is 29.8. The molecule has 2 aromatic rings. The van der Waals surface area contributed by atoms with Gasteiger partial charge in [0.2, 0.25) is 11.6 Å². The summed E-state index contributed by atoms with van der Waals surface area (Å²) in [4.78, 5) is 58.8. The molecule has 0 aromatic carbocycles. The quantitative estimate of drug-likeness (QED) is 0.105. The summed E-state index contributed by atoms with van der Waals surface area (Å²) >= 11 is 6.91. The van der Waals surface area contributed by atoms with Crippen molar-refractivity contribution in [3.05, 3.63) is 20.8 Å². The number of carboxylic acids is 1. The van der Waals surface area contributed by atoms with Crippen LogP contribution in [0, 0.1) is 0 Å². The smallest absolute Gasteiger partial charge is 0.352 e. The summed E-state index contributed by atoms with van der Waals surface area (Å²) < 4.78 is 1.87. The number of anilines is 1. The molecule has 15 nitrogen and oxygen atoms in total. The number of carbonyl (C=O) groups excluding carboxylic acids is 3. The van der Waals surface area contributed by atoms with Gasteiger partial charge in [-0.1, -0.05) is 28.3 Å². The fraction of sp³-hybridized carbons (Fsp3) is 0.353. The molecule has 2 atom stereocenters. The van der Waals surface area contributed by atoms with Crippen molar-refractivity contribution in [1.82, 2.24) is 35.4 Å². The Morgan fingerprint density at radius 2 is 2.22 bits per heavy atom. The van der Waals surface area contributed by atoms with Gasteiger partial charge in [-0.25, -0.2) is 14.5 Å². The Balaban J connectivity index is 1.50. The largest absolute Gasteiger partial charge is 0.477 e. The second-order valence-corrected chi connectivity index (χ2v) is 11.4. The summed E-state index contributed by atoms with van der Waals surface area (Å²) in [5.41, 5.74) is 0.301. The molecule has 0 saturated carbocycles. The van der Waals surface area contributed by atoms with Crippen LogP contribution in [-0.4, -0.2) is 95.1 Å². The van der Waals surface area contributed by atoms with E-state index in [4.69, 9.17) is 4.84 Å². The van der Waals surface area contributed by atoms with Crippen molar-refractivity contribution in [2.24, 2.45) is 12.2 Å². The summed E-state index contributed by atoms with van der Waals surface area (Å²) in [6.07, 6.45) is 0.439. The SMILES string of the molecule is CO/N=C(\C(=O)NC1C(=O)N2C(C(=O)O)=C(CSc3nnnn3C)CS[C@H]12)c1nc(NC=O)sc1Br. The molecule has 2 aromatic heterocycles. The minimum atomic E-state index is -1.24. The number of β-lactam (4-membered cyclic amide) rings is 1. The van der Waals surface area contributed by atoms with E-state index in [2.05, 4.69) is 52.2 Å². The summed E-state index contributed by atoms with van der Waals surface area (Å²) in [6.45, 7) is 0. The number of nitrogens with zero attached hydrogens (tertiary/aromatic N) is 7. The van der Waals surface area contributed by atoms with Gasteiger partial charge in [0.15, 0.2) is 10.8 Å². The Labute approximate surface area is 223 Å². The summed E-state index contributed by atoms with van der Waals surface area (Å²) in [5.74, 6) is -1.96. The van der Waals surface area contributed by atoms with Crippen LogP contribution in [0.25, 0.3) is 0 Å². The average Bonchev–Trinajstić information content (AvgIpc) is 3.43. The maximum absolute atomic E-state index is 13.0. The van der Waals surface area contributed by atoms with Crippen molar-refractivity contribution >= 4 is 85.8 Å². The van der Waals surface area contributed by atoms with Gasteiger partial charge in [0.05, 0.1) is 0 Å². The predicted molar refractivity (Wildman–Crippen MR) is 132 cm³/mol. The van der Waals surface area contributed by atoms with Gasteiger partial charge in [-0.2, -0.15) is 0 Å². The van der Waals surface area contributed by atoms with E-state index in [0.717, 1.165) is 11.3 Å². The molecule has 190 valence electrons. The van der Waals surface area contributed by atoms with Crippen LogP contribution < -0.4 is 10.6 Å². The maximum Gasteiger partial charge on any atom is 0.352 e. The topological polar surface area (TPSA) is 194 Å². The standard InChI is InChI=1S/C17H16BrN9O6S3/c1-26-17(22-24-25-26)35-4-6-3-34-14-9(13(30)27(14)10(6)15(31)32)20-12(29)8(23-33-2)7-11(18)36-16(21-7)19-5-28/h5,9,14H,3-4H2,1-2H3,(H,20,29)(H,31,32)(H,19,21,28)/b23-8-/t9?,14-/m1/s1. The molecule has 2 aliphatic heterocycles. The van der Waals surface area contributed by atoms with Gasteiger partial charge in [-0.3, -0.25) is 19.3 Å². The number of aliphatic carboxylic acids is 1. The number of hydrogen-bond acceptors (Lipinski definition) is 13. The molecule has 2 aliphatic rings. The lowest BCUT2D eigenvalue weighted by Crippen LogP contribution is -2.71. The molecule has 0 aliphatic carbocycles. The van der Waals surface area contributed by atoms with Crippen molar-refractivity contribution in [2.45, 2.75) is 16.6 Å². The normalized spacial score (nSPS) is 19.5. The Hall–Kier alpha value is -3.03. The first-order valence-electron chi connectivity index (χ1n) is 9.80. The molecule has 0 bridgehead atoms. The second kappa shape index (κ2) is 10.9. The molecule has 3 amide bonds. The molecule has 4 heterocycles.